The van der Waals surface area contributed by atoms with Gasteiger partial charge in [0.05, 0.1) is 0 Å². The Hall–Kier alpha value is 0.180. The van der Waals surface area contributed by atoms with Crippen LogP contribution in [0.5, 0.6) is 0 Å². The molecule has 0 spiro atoms. The van der Waals surface area contributed by atoms with Gasteiger partial charge < -0.3 is 5.73 Å². The number of nitrogens with two attached hydrogens (primary N) is 1. The summed E-state index contributed by atoms with van der Waals surface area (Å²) in [6.45, 7) is 4.38. The number of hydrogen-bond donors (Lipinski definition) is 1. The lowest BCUT2D eigenvalue weighted by atomic mass is 9.92. The summed E-state index contributed by atoms with van der Waals surface area (Å²) in [6.07, 6.45) is 9.02. The quantitative estimate of drug-likeness (QED) is 0.541. The molecular weight excluding hydrogens is 226 g/mol. The Kier molecular flexibility index (Phi) is 8.89. The molecule has 13 heavy (non-hydrogen) atoms. The van der Waals surface area contributed by atoms with E-state index in [0.29, 0.717) is 12.0 Å². The number of halogens is 1. The molecule has 0 rings (SSSR count). The second-order valence-electron chi connectivity index (χ2n) is 3.43. The molecule has 0 saturated carbocycles. The molecule has 0 aromatic rings. The van der Waals surface area contributed by atoms with E-state index in [-0.39, 0.29) is 0 Å². The van der Waals surface area contributed by atoms with Crippen LogP contribution in [-0.4, -0.2) is 11.4 Å². The van der Waals surface area contributed by atoms with Crippen molar-refractivity contribution in [2.75, 3.05) is 5.33 Å². The minimum Gasteiger partial charge on any atom is -0.327 e. The fourth-order valence-electron chi connectivity index (χ4n) is 1.44. The van der Waals surface area contributed by atoms with Crippen LogP contribution in [0.1, 0.15) is 39.5 Å². The molecule has 2 heteroatoms. The molecule has 0 heterocycles. The van der Waals surface area contributed by atoms with Crippen molar-refractivity contribution in [1.82, 2.24) is 0 Å². The topological polar surface area (TPSA) is 26.0 Å². The van der Waals surface area contributed by atoms with Crippen molar-refractivity contribution in [3.8, 4) is 0 Å². The first-order chi connectivity index (χ1) is 6.26. The number of hydrogen-bond acceptors (Lipinski definition) is 1. The van der Waals surface area contributed by atoms with E-state index in [1.807, 2.05) is 0 Å². The lowest BCUT2D eigenvalue weighted by molar-refractivity contribution is 0.404. The van der Waals surface area contributed by atoms with Crippen LogP contribution in [0.25, 0.3) is 0 Å². The zero-order chi connectivity index (χ0) is 10.1. The molecule has 0 aliphatic heterocycles. The van der Waals surface area contributed by atoms with Crippen LogP contribution in [0.15, 0.2) is 12.2 Å². The molecule has 2 N–H and O–H groups in total. The van der Waals surface area contributed by atoms with Gasteiger partial charge in [0.15, 0.2) is 0 Å². The van der Waals surface area contributed by atoms with Gasteiger partial charge in [0, 0.05) is 11.4 Å². The molecule has 78 valence electrons. The largest absolute Gasteiger partial charge is 0.327 e. The van der Waals surface area contributed by atoms with Gasteiger partial charge in [-0.2, -0.15) is 0 Å². The normalized spacial score (nSPS) is 16.3. The minimum absolute atomic E-state index is 0.353. The van der Waals surface area contributed by atoms with Crippen LogP contribution in [0.4, 0.5) is 0 Å². The van der Waals surface area contributed by atoms with Crippen molar-refractivity contribution in [1.29, 1.82) is 0 Å². The van der Waals surface area contributed by atoms with Crippen molar-refractivity contribution in [2.24, 2.45) is 11.7 Å². The van der Waals surface area contributed by atoms with Crippen molar-refractivity contribution in [3.63, 3.8) is 0 Å². The van der Waals surface area contributed by atoms with E-state index >= 15 is 0 Å². The van der Waals surface area contributed by atoms with Gasteiger partial charge >= 0.3 is 0 Å². The molecule has 0 aromatic carbocycles. The summed E-state index contributed by atoms with van der Waals surface area (Å²) in [6, 6.07) is 0.353. The van der Waals surface area contributed by atoms with Crippen LogP contribution in [0.2, 0.25) is 0 Å². The zero-order valence-electron chi connectivity index (χ0n) is 8.80. The number of alkyl halides is 1. The third-order valence-electron chi connectivity index (χ3n) is 2.41. The summed E-state index contributed by atoms with van der Waals surface area (Å²) in [5.41, 5.74) is 6.06. The lowest BCUT2D eigenvalue weighted by Crippen LogP contribution is -2.29. The Balaban J connectivity index is 3.79. The van der Waals surface area contributed by atoms with Crippen molar-refractivity contribution in [3.05, 3.63) is 12.2 Å². The highest BCUT2D eigenvalue weighted by atomic mass is 79.9. The van der Waals surface area contributed by atoms with Gasteiger partial charge in [-0.25, -0.2) is 0 Å². The van der Waals surface area contributed by atoms with Gasteiger partial charge in [-0.05, 0) is 25.2 Å². The highest BCUT2D eigenvalue weighted by Gasteiger charge is 2.13. The molecule has 0 saturated heterocycles. The van der Waals surface area contributed by atoms with Gasteiger partial charge in [0.25, 0.3) is 0 Å². The maximum Gasteiger partial charge on any atom is 0.00779 e. The van der Waals surface area contributed by atoms with E-state index in [2.05, 4.69) is 41.9 Å². The Labute approximate surface area is 90.9 Å². The molecule has 0 aromatic heterocycles. The molecule has 0 aliphatic rings. The molecule has 0 bridgehead atoms. The molecular formula is C11H22BrN. The first-order valence-corrected chi connectivity index (χ1v) is 6.34. The monoisotopic (exact) mass is 247 g/mol. The van der Waals surface area contributed by atoms with E-state index in [0.717, 1.165) is 24.6 Å². The van der Waals surface area contributed by atoms with Gasteiger partial charge in [-0.15, -0.1) is 0 Å². The van der Waals surface area contributed by atoms with E-state index < -0.39 is 0 Å². The summed E-state index contributed by atoms with van der Waals surface area (Å²) in [4.78, 5) is 0. The van der Waals surface area contributed by atoms with Crippen molar-refractivity contribution >= 4 is 15.9 Å². The highest BCUT2D eigenvalue weighted by Crippen LogP contribution is 2.16. The van der Waals surface area contributed by atoms with E-state index in [1.165, 1.54) is 6.42 Å². The zero-order valence-corrected chi connectivity index (χ0v) is 10.4. The number of rotatable bonds is 7. The molecule has 0 aliphatic carbocycles. The SMILES string of the molecule is CC/C=C\C[C@@H](CC)C(N)CCBr. The van der Waals surface area contributed by atoms with E-state index in [4.69, 9.17) is 5.73 Å². The summed E-state index contributed by atoms with van der Waals surface area (Å²) in [5.74, 6) is 0.653. The average molecular weight is 248 g/mol. The molecule has 0 amide bonds. The maximum absolute atomic E-state index is 6.06. The third-order valence-corrected chi connectivity index (χ3v) is 2.87. The van der Waals surface area contributed by atoms with Gasteiger partial charge in [0.2, 0.25) is 0 Å². The average Bonchev–Trinajstić information content (AvgIpc) is 2.13. The van der Waals surface area contributed by atoms with Crippen LogP contribution in [0, 0.1) is 5.92 Å². The molecule has 0 fully saturated rings. The number of allylic oxidation sites excluding steroid dienone is 2. The van der Waals surface area contributed by atoms with Crippen molar-refractivity contribution in [2.45, 2.75) is 45.6 Å². The first kappa shape index (κ1) is 13.2. The fourth-order valence-corrected chi connectivity index (χ4v) is 1.97. The molecule has 2 atom stereocenters. The predicted octanol–water partition coefficient (Wildman–Crippen LogP) is 3.48. The minimum atomic E-state index is 0.353. The van der Waals surface area contributed by atoms with E-state index in [1.54, 1.807) is 0 Å². The predicted molar refractivity (Wildman–Crippen MR) is 64.2 cm³/mol. The molecule has 1 unspecified atom stereocenters. The fraction of sp³-hybridized carbons (Fsp3) is 0.818. The Bertz CT molecular complexity index is 134. The molecule has 0 radical (unpaired) electrons. The van der Waals surface area contributed by atoms with E-state index in [9.17, 15) is 0 Å². The highest BCUT2D eigenvalue weighted by molar-refractivity contribution is 9.09. The van der Waals surface area contributed by atoms with Crippen LogP contribution >= 0.6 is 15.9 Å². The summed E-state index contributed by atoms with van der Waals surface area (Å²) in [7, 11) is 0. The van der Waals surface area contributed by atoms with Crippen LogP contribution in [0.3, 0.4) is 0 Å². The Morgan fingerprint density at radius 1 is 1.31 bits per heavy atom. The van der Waals surface area contributed by atoms with Gasteiger partial charge in [-0.1, -0.05) is 48.4 Å². The lowest BCUT2D eigenvalue weighted by Gasteiger charge is -2.20. The Morgan fingerprint density at radius 2 is 2.00 bits per heavy atom. The first-order valence-electron chi connectivity index (χ1n) is 5.22. The van der Waals surface area contributed by atoms with Crippen molar-refractivity contribution < 1.29 is 0 Å². The second-order valence-corrected chi connectivity index (χ2v) is 4.22. The second kappa shape index (κ2) is 8.76. The maximum atomic E-state index is 6.06. The summed E-state index contributed by atoms with van der Waals surface area (Å²) < 4.78 is 0. The van der Waals surface area contributed by atoms with Gasteiger partial charge in [-0.3, -0.25) is 0 Å². The molecule has 1 nitrogen and oxygen atoms in total. The summed E-state index contributed by atoms with van der Waals surface area (Å²) in [5, 5.41) is 1.02. The van der Waals surface area contributed by atoms with Crippen LogP contribution in [-0.2, 0) is 0 Å². The van der Waals surface area contributed by atoms with Gasteiger partial charge in [0.1, 0.15) is 0 Å². The smallest absolute Gasteiger partial charge is 0.00779 e. The standard InChI is InChI=1S/C11H22BrN/c1-3-5-6-7-10(4-2)11(13)8-9-12/h5-6,10-11H,3-4,7-9,13H2,1-2H3/b6-5-/t10-,11?/m1/s1. The third kappa shape index (κ3) is 6.28. The Morgan fingerprint density at radius 3 is 2.46 bits per heavy atom. The summed E-state index contributed by atoms with van der Waals surface area (Å²) >= 11 is 3.43. The van der Waals surface area contributed by atoms with Crippen LogP contribution < -0.4 is 5.73 Å².